The number of nitrogens with one attached hydrogen (secondary N) is 1. The van der Waals surface area contributed by atoms with E-state index < -0.39 is 28.3 Å². The highest BCUT2D eigenvalue weighted by molar-refractivity contribution is 7.93. The molecule has 0 amide bonds. The highest BCUT2D eigenvalue weighted by atomic mass is 32.2. The average Bonchev–Trinajstić information content (AvgIpc) is 3.17. The molecule has 0 bridgehead atoms. The molecule has 0 spiro atoms. The number of hydrogen-bond acceptors (Lipinski definition) is 4. The highest BCUT2D eigenvalue weighted by Gasteiger charge is 2.51. The van der Waals surface area contributed by atoms with Crippen molar-refractivity contribution in [3.63, 3.8) is 0 Å². The summed E-state index contributed by atoms with van der Waals surface area (Å²) in [5.74, 6) is 0. The van der Waals surface area contributed by atoms with Crippen LogP contribution in [0.2, 0.25) is 0 Å². The van der Waals surface area contributed by atoms with Crippen LogP contribution in [0.25, 0.3) is 0 Å². The van der Waals surface area contributed by atoms with Gasteiger partial charge in [-0.15, -0.1) is 0 Å². The van der Waals surface area contributed by atoms with Crippen molar-refractivity contribution in [2.75, 3.05) is 4.72 Å². The molecule has 1 heterocycles. The summed E-state index contributed by atoms with van der Waals surface area (Å²) in [5.41, 5.74) is 1.52. The van der Waals surface area contributed by atoms with Crippen LogP contribution < -0.4 is 10.2 Å². The van der Waals surface area contributed by atoms with Crippen LogP contribution in [0.3, 0.4) is 0 Å². The van der Waals surface area contributed by atoms with Crippen LogP contribution in [0.1, 0.15) is 46.1 Å². The van der Waals surface area contributed by atoms with E-state index in [9.17, 15) is 8.42 Å². The molecule has 23 heavy (non-hydrogen) atoms. The van der Waals surface area contributed by atoms with Gasteiger partial charge in [0.1, 0.15) is 0 Å². The first-order chi connectivity index (χ1) is 10.5. The number of sulfonamides is 1. The molecule has 1 aromatic rings. The van der Waals surface area contributed by atoms with E-state index in [1.807, 2.05) is 46.8 Å². The lowest BCUT2D eigenvalue weighted by Gasteiger charge is -2.32. The summed E-state index contributed by atoms with van der Waals surface area (Å²) in [6.07, 6.45) is 1.48. The maximum absolute atomic E-state index is 12.1. The van der Waals surface area contributed by atoms with Gasteiger partial charge in [-0.2, -0.15) is 0 Å². The van der Waals surface area contributed by atoms with Crippen molar-refractivity contribution in [3.8, 4) is 0 Å². The number of hydrogen-bond donors (Lipinski definition) is 1. The van der Waals surface area contributed by atoms with Gasteiger partial charge in [0.25, 0.3) is 0 Å². The molecular formula is C16H24BNO4S. The summed E-state index contributed by atoms with van der Waals surface area (Å²) in [5, 5.41) is -0.247. The molecule has 1 aliphatic heterocycles. The molecule has 0 unspecified atom stereocenters. The lowest BCUT2D eigenvalue weighted by molar-refractivity contribution is 0.00578. The minimum absolute atomic E-state index is 0.247. The zero-order chi connectivity index (χ0) is 17.0. The van der Waals surface area contributed by atoms with E-state index in [0.717, 1.165) is 23.9 Å². The van der Waals surface area contributed by atoms with Gasteiger partial charge in [0.2, 0.25) is 10.0 Å². The number of anilines is 1. The molecule has 1 N–H and O–H groups in total. The maximum atomic E-state index is 12.1. The Morgan fingerprint density at radius 2 is 1.65 bits per heavy atom. The third-order valence-corrected chi connectivity index (χ3v) is 6.72. The fraction of sp³-hybridized carbons (Fsp3) is 0.625. The predicted molar refractivity (Wildman–Crippen MR) is 92.5 cm³/mol. The van der Waals surface area contributed by atoms with Crippen molar-refractivity contribution < 1.29 is 17.7 Å². The summed E-state index contributed by atoms with van der Waals surface area (Å²) in [6, 6.07) is 5.60. The maximum Gasteiger partial charge on any atom is 0.494 e. The van der Waals surface area contributed by atoms with Crippen LogP contribution in [-0.2, 0) is 19.3 Å². The number of aryl methyl sites for hydroxylation is 1. The molecule has 0 atom stereocenters. The first kappa shape index (κ1) is 16.8. The molecule has 1 saturated heterocycles. The van der Waals surface area contributed by atoms with Crippen molar-refractivity contribution in [2.24, 2.45) is 0 Å². The Kier molecular flexibility index (Phi) is 3.82. The standard InChI is InChI=1S/C16H24BNO4S/c1-11-8-12(17-21-15(2,3)16(4,5)22-17)10-13(9-11)18-23(19,20)14-6-7-14/h8-10,14,18H,6-7H2,1-5H3. The van der Waals surface area contributed by atoms with Crippen LogP contribution in [-0.4, -0.2) is 32.0 Å². The van der Waals surface area contributed by atoms with E-state index in [1.54, 1.807) is 6.07 Å². The van der Waals surface area contributed by atoms with Crippen molar-refractivity contribution >= 4 is 28.3 Å². The first-order valence-electron chi connectivity index (χ1n) is 7.99. The van der Waals surface area contributed by atoms with Crippen LogP contribution in [0, 0.1) is 6.92 Å². The topological polar surface area (TPSA) is 64.6 Å². The Morgan fingerprint density at radius 1 is 1.09 bits per heavy atom. The summed E-state index contributed by atoms with van der Waals surface area (Å²) in [6.45, 7) is 9.93. The zero-order valence-electron chi connectivity index (χ0n) is 14.3. The average molecular weight is 337 g/mol. The molecular weight excluding hydrogens is 313 g/mol. The van der Waals surface area contributed by atoms with E-state index >= 15 is 0 Å². The monoisotopic (exact) mass is 337 g/mol. The Bertz CT molecular complexity index is 710. The molecule has 0 radical (unpaired) electrons. The van der Waals surface area contributed by atoms with Gasteiger partial charge in [-0.1, -0.05) is 6.07 Å². The van der Waals surface area contributed by atoms with Crippen molar-refractivity contribution in [3.05, 3.63) is 23.8 Å². The Hall–Kier alpha value is -1.05. The lowest BCUT2D eigenvalue weighted by Crippen LogP contribution is -2.41. The van der Waals surface area contributed by atoms with Gasteiger partial charge in [0, 0.05) is 5.69 Å². The summed E-state index contributed by atoms with van der Waals surface area (Å²) in [4.78, 5) is 0. The Balaban J connectivity index is 1.87. The largest absolute Gasteiger partial charge is 0.494 e. The molecule has 126 valence electrons. The molecule has 1 saturated carbocycles. The van der Waals surface area contributed by atoms with Crippen LogP contribution in [0.5, 0.6) is 0 Å². The van der Waals surface area contributed by atoms with Gasteiger partial charge >= 0.3 is 7.12 Å². The smallest absolute Gasteiger partial charge is 0.399 e. The van der Waals surface area contributed by atoms with Crippen LogP contribution in [0.4, 0.5) is 5.69 Å². The van der Waals surface area contributed by atoms with Gasteiger partial charge in [0.15, 0.2) is 0 Å². The third kappa shape index (κ3) is 3.27. The fourth-order valence-electron chi connectivity index (χ4n) is 2.61. The molecule has 5 nitrogen and oxygen atoms in total. The van der Waals surface area contributed by atoms with E-state index in [2.05, 4.69) is 4.72 Å². The second-order valence-corrected chi connectivity index (χ2v) is 9.53. The van der Waals surface area contributed by atoms with Gasteiger partial charge in [-0.25, -0.2) is 8.42 Å². The molecule has 1 aromatic carbocycles. The Labute approximate surface area is 138 Å². The van der Waals surface area contributed by atoms with E-state index in [4.69, 9.17) is 9.31 Å². The van der Waals surface area contributed by atoms with E-state index in [0.29, 0.717) is 5.69 Å². The predicted octanol–water partition coefficient (Wildman–Crippen LogP) is 2.20. The quantitative estimate of drug-likeness (QED) is 0.856. The SMILES string of the molecule is Cc1cc(NS(=O)(=O)C2CC2)cc(B2OC(C)(C)C(C)(C)O2)c1. The Morgan fingerprint density at radius 3 is 2.17 bits per heavy atom. The number of benzene rings is 1. The molecule has 3 rings (SSSR count). The lowest BCUT2D eigenvalue weighted by atomic mass is 9.78. The van der Waals surface area contributed by atoms with Crippen LogP contribution >= 0.6 is 0 Å². The van der Waals surface area contributed by atoms with Crippen LogP contribution in [0.15, 0.2) is 18.2 Å². The first-order valence-corrected chi connectivity index (χ1v) is 9.54. The summed E-state index contributed by atoms with van der Waals surface area (Å²) < 4.78 is 39.1. The molecule has 2 aliphatic rings. The zero-order valence-corrected chi connectivity index (χ0v) is 15.2. The van der Waals surface area contributed by atoms with Gasteiger partial charge < -0.3 is 9.31 Å². The van der Waals surface area contributed by atoms with Gasteiger partial charge in [0.05, 0.1) is 16.5 Å². The second-order valence-electron chi connectivity index (χ2n) is 7.57. The fourth-order valence-corrected chi connectivity index (χ4v) is 3.98. The molecule has 1 aliphatic carbocycles. The van der Waals surface area contributed by atoms with Crippen molar-refractivity contribution in [2.45, 2.75) is 63.9 Å². The molecule has 2 fully saturated rings. The van der Waals surface area contributed by atoms with E-state index in [-0.39, 0.29) is 5.25 Å². The summed E-state index contributed by atoms with van der Waals surface area (Å²) >= 11 is 0. The van der Waals surface area contributed by atoms with Gasteiger partial charge in [-0.05, 0) is 70.6 Å². The van der Waals surface area contributed by atoms with Crippen molar-refractivity contribution in [1.29, 1.82) is 0 Å². The minimum Gasteiger partial charge on any atom is -0.399 e. The number of rotatable bonds is 4. The van der Waals surface area contributed by atoms with Crippen molar-refractivity contribution in [1.82, 2.24) is 0 Å². The molecule has 7 heteroatoms. The normalized spacial score (nSPS) is 23.1. The minimum atomic E-state index is -3.27. The van der Waals surface area contributed by atoms with Gasteiger partial charge in [-0.3, -0.25) is 4.72 Å². The second kappa shape index (κ2) is 5.23. The summed E-state index contributed by atoms with van der Waals surface area (Å²) in [7, 11) is -3.77. The highest BCUT2D eigenvalue weighted by Crippen LogP contribution is 2.37. The molecule has 0 aromatic heterocycles. The van der Waals surface area contributed by atoms with E-state index in [1.165, 1.54) is 0 Å². The third-order valence-electron chi connectivity index (χ3n) is 4.85.